The molecule has 37 heavy (non-hydrogen) atoms. The molecular formula is C27H30N6O4. The highest BCUT2D eigenvalue weighted by Gasteiger charge is 2.20. The molecule has 2 amide bonds. The summed E-state index contributed by atoms with van der Waals surface area (Å²) in [6, 6.07) is 19.1. The van der Waals surface area contributed by atoms with Crippen molar-refractivity contribution in [2.45, 2.75) is 25.9 Å². The Morgan fingerprint density at radius 2 is 1.81 bits per heavy atom. The van der Waals surface area contributed by atoms with E-state index in [1.165, 1.54) is 0 Å². The molecule has 0 spiro atoms. The first-order valence-corrected chi connectivity index (χ1v) is 11.8. The van der Waals surface area contributed by atoms with Gasteiger partial charge in [0.15, 0.2) is 5.96 Å². The fraction of sp³-hybridized carbons (Fsp3) is 0.222. The van der Waals surface area contributed by atoms with Crippen LogP contribution < -0.4 is 21.3 Å². The average molecular weight is 503 g/mol. The fourth-order valence-corrected chi connectivity index (χ4v) is 3.44. The lowest BCUT2D eigenvalue weighted by molar-refractivity contribution is -0.143. The molecule has 0 saturated heterocycles. The number of pyridine rings is 1. The van der Waals surface area contributed by atoms with Gasteiger partial charge in [-0.2, -0.15) is 0 Å². The standard InChI is InChI=1S/C27H30N6O4/c1-2-37-25(35)15-23(21-11-7-13-29-17-21)33-24(34)18-30-26(36)20-10-6-12-22(14-20)32-27(28)31-16-19-8-4-3-5-9-19/h3-14,17,23H,2,15-16,18H2,1H3,(H,30,36)(H,33,34)(H3,28,31,32). The maximum atomic E-state index is 12.6. The highest BCUT2D eigenvalue weighted by atomic mass is 16.5. The summed E-state index contributed by atoms with van der Waals surface area (Å²) < 4.78 is 5.00. The predicted octanol–water partition coefficient (Wildman–Crippen LogP) is 2.76. The van der Waals surface area contributed by atoms with Gasteiger partial charge in [-0.15, -0.1) is 0 Å². The molecule has 1 heterocycles. The maximum Gasteiger partial charge on any atom is 0.308 e. The lowest BCUT2D eigenvalue weighted by atomic mass is 10.1. The van der Waals surface area contributed by atoms with Crippen LogP contribution in [-0.4, -0.2) is 41.9 Å². The van der Waals surface area contributed by atoms with Crippen molar-refractivity contribution >= 4 is 29.4 Å². The Kier molecular flexibility index (Phi) is 10.2. The number of carbonyl (C=O) groups excluding carboxylic acids is 3. The number of carbonyl (C=O) groups is 3. The topological polar surface area (TPSA) is 145 Å². The number of rotatable bonds is 11. The zero-order chi connectivity index (χ0) is 26.5. The Hall–Kier alpha value is -4.73. The molecule has 3 rings (SSSR count). The molecule has 0 fully saturated rings. The smallest absolute Gasteiger partial charge is 0.308 e. The molecule has 0 aliphatic carbocycles. The lowest BCUT2D eigenvalue weighted by Crippen LogP contribution is -2.39. The van der Waals surface area contributed by atoms with Crippen LogP contribution in [0, 0.1) is 5.41 Å². The number of esters is 1. The minimum Gasteiger partial charge on any atom is -0.466 e. The molecule has 0 aliphatic rings. The van der Waals surface area contributed by atoms with E-state index in [1.54, 1.807) is 55.7 Å². The number of nitrogens with zero attached hydrogens (tertiary/aromatic N) is 1. The second-order valence-corrected chi connectivity index (χ2v) is 8.02. The number of hydrogen-bond acceptors (Lipinski definition) is 6. The van der Waals surface area contributed by atoms with Crippen LogP contribution in [0.2, 0.25) is 0 Å². The molecule has 0 saturated carbocycles. The average Bonchev–Trinajstić information content (AvgIpc) is 2.91. The summed E-state index contributed by atoms with van der Waals surface area (Å²) in [7, 11) is 0. The van der Waals surface area contributed by atoms with Gasteiger partial charge in [0, 0.05) is 30.2 Å². The summed E-state index contributed by atoms with van der Waals surface area (Å²) in [6.45, 7) is 2.14. The quantitative estimate of drug-likeness (QED) is 0.154. The largest absolute Gasteiger partial charge is 0.466 e. The van der Waals surface area contributed by atoms with Crippen molar-refractivity contribution in [1.29, 1.82) is 5.41 Å². The molecule has 2 aromatic carbocycles. The van der Waals surface area contributed by atoms with Gasteiger partial charge in [0.1, 0.15) is 0 Å². The van der Waals surface area contributed by atoms with E-state index in [1.807, 2.05) is 30.3 Å². The van der Waals surface area contributed by atoms with Gasteiger partial charge >= 0.3 is 5.97 Å². The van der Waals surface area contributed by atoms with E-state index >= 15 is 0 Å². The number of anilines is 1. The highest BCUT2D eigenvalue weighted by Crippen LogP contribution is 2.16. The van der Waals surface area contributed by atoms with Crippen LogP contribution in [0.4, 0.5) is 5.69 Å². The first kappa shape index (κ1) is 26.9. The third-order valence-corrected chi connectivity index (χ3v) is 5.21. The first-order valence-electron chi connectivity index (χ1n) is 11.8. The number of ether oxygens (including phenoxy) is 1. The minimum absolute atomic E-state index is 0.0583. The Bertz CT molecular complexity index is 1200. The SMILES string of the molecule is CCOC(=O)CC(NC(=O)CNC(=O)c1cccc(NC(=N)NCc2ccccc2)c1)c1cccnc1. The zero-order valence-electron chi connectivity index (χ0n) is 20.5. The van der Waals surface area contributed by atoms with Crippen molar-refractivity contribution in [3.63, 3.8) is 0 Å². The highest BCUT2D eigenvalue weighted by molar-refractivity contribution is 5.98. The Morgan fingerprint density at radius 3 is 2.54 bits per heavy atom. The molecule has 10 nitrogen and oxygen atoms in total. The summed E-state index contributed by atoms with van der Waals surface area (Å²) in [5.41, 5.74) is 2.56. The Labute approximate surface area is 215 Å². The van der Waals surface area contributed by atoms with Crippen LogP contribution in [-0.2, 0) is 20.9 Å². The number of aromatic nitrogens is 1. The molecule has 3 aromatic rings. The molecule has 1 unspecified atom stereocenters. The van der Waals surface area contributed by atoms with Crippen LogP contribution >= 0.6 is 0 Å². The van der Waals surface area contributed by atoms with Crippen molar-refractivity contribution in [3.8, 4) is 0 Å². The van der Waals surface area contributed by atoms with E-state index < -0.39 is 23.8 Å². The number of hydrogen-bond donors (Lipinski definition) is 5. The molecule has 0 radical (unpaired) electrons. The number of benzene rings is 2. The molecule has 0 bridgehead atoms. The molecule has 1 aromatic heterocycles. The molecule has 5 N–H and O–H groups in total. The Balaban J connectivity index is 1.52. The fourth-order valence-electron chi connectivity index (χ4n) is 3.44. The van der Waals surface area contributed by atoms with E-state index in [9.17, 15) is 14.4 Å². The van der Waals surface area contributed by atoms with Crippen molar-refractivity contribution in [1.82, 2.24) is 20.9 Å². The summed E-state index contributed by atoms with van der Waals surface area (Å²) in [6.07, 6.45) is 3.10. The minimum atomic E-state index is -0.640. The summed E-state index contributed by atoms with van der Waals surface area (Å²) in [5.74, 6) is -1.28. The van der Waals surface area contributed by atoms with Gasteiger partial charge in [0.25, 0.3) is 5.91 Å². The van der Waals surface area contributed by atoms with E-state index in [4.69, 9.17) is 10.1 Å². The lowest BCUT2D eigenvalue weighted by Gasteiger charge is -2.18. The van der Waals surface area contributed by atoms with Crippen molar-refractivity contribution in [2.24, 2.45) is 0 Å². The summed E-state index contributed by atoms with van der Waals surface area (Å²) in [4.78, 5) is 41.2. The van der Waals surface area contributed by atoms with E-state index in [0.29, 0.717) is 23.4 Å². The van der Waals surface area contributed by atoms with Crippen LogP contribution in [0.1, 0.15) is 40.9 Å². The maximum absolute atomic E-state index is 12.6. The van der Waals surface area contributed by atoms with Crippen LogP contribution in [0.15, 0.2) is 79.1 Å². The zero-order valence-corrected chi connectivity index (χ0v) is 20.5. The van der Waals surface area contributed by atoms with Gasteiger partial charge in [-0.05, 0) is 42.3 Å². The second kappa shape index (κ2) is 14.0. The van der Waals surface area contributed by atoms with Crippen LogP contribution in [0.5, 0.6) is 0 Å². The molecular weight excluding hydrogens is 472 g/mol. The first-order chi connectivity index (χ1) is 17.9. The van der Waals surface area contributed by atoms with E-state index in [-0.39, 0.29) is 25.5 Å². The van der Waals surface area contributed by atoms with Gasteiger partial charge < -0.3 is 26.0 Å². The number of amides is 2. The van der Waals surface area contributed by atoms with Crippen molar-refractivity contribution < 1.29 is 19.1 Å². The molecule has 1 atom stereocenters. The normalized spacial score (nSPS) is 11.1. The third-order valence-electron chi connectivity index (χ3n) is 5.21. The summed E-state index contributed by atoms with van der Waals surface area (Å²) in [5, 5.41) is 19.3. The molecule has 192 valence electrons. The van der Waals surface area contributed by atoms with Gasteiger partial charge in [-0.1, -0.05) is 42.5 Å². The van der Waals surface area contributed by atoms with Gasteiger partial charge in [0.2, 0.25) is 5.91 Å². The van der Waals surface area contributed by atoms with Crippen LogP contribution in [0.25, 0.3) is 0 Å². The van der Waals surface area contributed by atoms with Crippen molar-refractivity contribution in [2.75, 3.05) is 18.5 Å². The van der Waals surface area contributed by atoms with Crippen LogP contribution in [0.3, 0.4) is 0 Å². The molecule has 10 heteroatoms. The summed E-state index contributed by atoms with van der Waals surface area (Å²) >= 11 is 0. The predicted molar refractivity (Wildman–Crippen MR) is 140 cm³/mol. The monoisotopic (exact) mass is 502 g/mol. The van der Waals surface area contributed by atoms with Gasteiger partial charge in [-0.25, -0.2) is 0 Å². The van der Waals surface area contributed by atoms with Gasteiger partial charge in [0.05, 0.1) is 25.6 Å². The third kappa shape index (κ3) is 9.10. The van der Waals surface area contributed by atoms with Crippen molar-refractivity contribution in [3.05, 3.63) is 95.8 Å². The second-order valence-electron chi connectivity index (χ2n) is 8.02. The molecule has 0 aliphatic heterocycles. The van der Waals surface area contributed by atoms with E-state index in [0.717, 1.165) is 5.56 Å². The number of guanidine groups is 1. The number of nitrogens with one attached hydrogen (secondary N) is 5. The van der Waals surface area contributed by atoms with Gasteiger partial charge in [-0.3, -0.25) is 24.8 Å². The Morgan fingerprint density at radius 1 is 1.00 bits per heavy atom. The van der Waals surface area contributed by atoms with E-state index in [2.05, 4.69) is 26.3 Å².